The molecule has 1 aliphatic rings. The van der Waals surface area contributed by atoms with Gasteiger partial charge in [-0.25, -0.2) is 4.79 Å². The Hall–Kier alpha value is -3.06. The number of amidine groups is 1. The number of thioether (sulfide) groups is 1. The highest BCUT2D eigenvalue weighted by atomic mass is 32.2. The van der Waals surface area contributed by atoms with E-state index in [-0.39, 0.29) is 18.4 Å². The molecule has 0 radical (unpaired) electrons. The van der Waals surface area contributed by atoms with Crippen molar-refractivity contribution in [3.8, 4) is 11.1 Å². The molecule has 7 heteroatoms. The summed E-state index contributed by atoms with van der Waals surface area (Å²) in [6, 6.07) is 17.3. The van der Waals surface area contributed by atoms with Crippen molar-refractivity contribution in [3.05, 3.63) is 72.5 Å². The molecule has 2 aromatic rings. The summed E-state index contributed by atoms with van der Waals surface area (Å²) in [5, 5.41) is 0.565. The molecule has 0 N–H and O–H groups in total. The molecular weight excluding hydrogens is 376 g/mol. The van der Waals surface area contributed by atoms with Gasteiger partial charge in [-0.15, -0.1) is 0 Å². The molecule has 0 spiro atoms. The molecule has 0 aromatic heterocycles. The van der Waals surface area contributed by atoms with Gasteiger partial charge in [0.15, 0.2) is 17.7 Å². The minimum atomic E-state index is -0.625. The van der Waals surface area contributed by atoms with Crippen LogP contribution in [0.15, 0.2) is 71.9 Å². The van der Waals surface area contributed by atoms with Gasteiger partial charge in [0.25, 0.3) is 5.91 Å². The van der Waals surface area contributed by atoms with E-state index in [0.717, 1.165) is 16.9 Å². The second kappa shape index (κ2) is 9.23. The standard InChI is InChI=1S/C21H20N2O4S/c1-15(20(25)26-2)27-14-23-12-13-28-21(23)22-19(24)18-10-8-17(9-11-18)16-6-4-3-5-7-16/h3-11H,1,12-14H2,2H3. The van der Waals surface area contributed by atoms with Crippen molar-refractivity contribution in [1.29, 1.82) is 0 Å². The second-order valence-corrected chi connectivity index (χ2v) is 7.01. The fourth-order valence-corrected chi connectivity index (χ4v) is 3.54. The second-order valence-electron chi connectivity index (χ2n) is 5.94. The fourth-order valence-electron chi connectivity index (χ4n) is 2.57. The Morgan fingerprint density at radius 3 is 2.46 bits per heavy atom. The van der Waals surface area contributed by atoms with Crippen molar-refractivity contribution in [1.82, 2.24) is 4.90 Å². The summed E-state index contributed by atoms with van der Waals surface area (Å²) in [4.78, 5) is 29.9. The van der Waals surface area contributed by atoms with Gasteiger partial charge in [0, 0.05) is 17.9 Å². The highest BCUT2D eigenvalue weighted by Crippen LogP contribution is 2.22. The van der Waals surface area contributed by atoms with Crippen LogP contribution >= 0.6 is 11.8 Å². The zero-order valence-corrected chi connectivity index (χ0v) is 16.3. The Morgan fingerprint density at radius 2 is 1.79 bits per heavy atom. The summed E-state index contributed by atoms with van der Waals surface area (Å²) in [7, 11) is 1.26. The molecule has 0 bridgehead atoms. The predicted molar refractivity (Wildman–Crippen MR) is 110 cm³/mol. The van der Waals surface area contributed by atoms with Crippen LogP contribution in [-0.4, -0.2) is 48.1 Å². The van der Waals surface area contributed by atoms with Crippen LogP contribution < -0.4 is 0 Å². The van der Waals surface area contributed by atoms with Crippen molar-refractivity contribution in [3.63, 3.8) is 0 Å². The highest BCUT2D eigenvalue weighted by Gasteiger charge is 2.22. The van der Waals surface area contributed by atoms with Gasteiger partial charge in [-0.1, -0.05) is 54.2 Å². The Balaban J connectivity index is 1.65. The maximum atomic E-state index is 12.5. The molecule has 2 aromatic carbocycles. The van der Waals surface area contributed by atoms with E-state index in [1.807, 2.05) is 42.5 Å². The molecule has 3 rings (SSSR count). The van der Waals surface area contributed by atoms with Crippen molar-refractivity contribution in [2.45, 2.75) is 0 Å². The van der Waals surface area contributed by atoms with E-state index < -0.39 is 5.97 Å². The van der Waals surface area contributed by atoms with Crippen molar-refractivity contribution in [2.24, 2.45) is 4.99 Å². The number of benzene rings is 2. The maximum Gasteiger partial charge on any atom is 0.372 e. The topological polar surface area (TPSA) is 68.2 Å². The summed E-state index contributed by atoms with van der Waals surface area (Å²) in [5.41, 5.74) is 2.64. The first-order chi connectivity index (χ1) is 13.6. The van der Waals surface area contributed by atoms with Gasteiger partial charge in [-0.3, -0.25) is 4.79 Å². The number of esters is 1. The van der Waals surface area contributed by atoms with Crippen LogP contribution in [0.1, 0.15) is 10.4 Å². The molecule has 144 valence electrons. The van der Waals surface area contributed by atoms with Crippen LogP contribution in [0.25, 0.3) is 11.1 Å². The number of rotatable bonds is 6. The fraction of sp³-hybridized carbons (Fsp3) is 0.190. The van der Waals surface area contributed by atoms with Crippen LogP contribution in [0.2, 0.25) is 0 Å². The lowest BCUT2D eigenvalue weighted by atomic mass is 10.0. The maximum absolute atomic E-state index is 12.5. The van der Waals surface area contributed by atoms with Gasteiger partial charge in [-0.2, -0.15) is 4.99 Å². The smallest absolute Gasteiger partial charge is 0.372 e. The van der Waals surface area contributed by atoms with Crippen LogP contribution in [0.3, 0.4) is 0 Å². The zero-order valence-electron chi connectivity index (χ0n) is 15.5. The van der Waals surface area contributed by atoms with E-state index in [2.05, 4.69) is 16.3 Å². The molecule has 28 heavy (non-hydrogen) atoms. The highest BCUT2D eigenvalue weighted by molar-refractivity contribution is 8.14. The molecule has 1 saturated heterocycles. The third kappa shape index (κ3) is 4.80. The van der Waals surface area contributed by atoms with E-state index >= 15 is 0 Å². The molecule has 1 heterocycles. The number of amides is 1. The molecular formula is C21H20N2O4S. The van der Waals surface area contributed by atoms with Crippen molar-refractivity contribution >= 4 is 28.8 Å². The summed E-state index contributed by atoms with van der Waals surface area (Å²) >= 11 is 1.47. The largest absolute Gasteiger partial charge is 0.466 e. The molecule has 1 aliphatic heterocycles. The molecule has 1 fully saturated rings. The number of carbonyl (C=O) groups excluding carboxylic acids is 2. The molecule has 1 amide bonds. The van der Waals surface area contributed by atoms with Gasteiger partial charge < -0.3 is 14.4 Å². The van der Waals surface area contributed by atoms with Gasteiger partial charge in [0.1, 0.15) is 0 Å². The molecule has 0 saturated carbocycles. The number of hydrogen-bond donors (Lipinski definition) is 0. The number of carbonyl (C=O) groups is 2. The summed E-state index contributed by atoms with van der Waals surface area (Å²) in [5.74, 6) is -0.241. The number of aliphatic imine (C=N–C) groups is 1. The summed E-state index contributed by atoms with van der Waals surface area (Å²) < 4.78 is 9.86. The minimum absolute atomic E-state index is 0.0819. The quantitative estimate of drug-likeness (QED) is 0.423. The number of methoxy groups -OCH3 is 1. The molecule has 0 atom stereocenters. The lowest BCUT2D eigenvalue weighted by Crippen LogP contribution is -2.28. The van der Waals surface area contributed by atoms with Crippen LogP contribution in [0.5, 0.6) is 0 Å². The molecule has 0 aliphatic carbocycles. The molecule has 6 nitrogen and oxygen atoms in total. The average Bonchev–Trinajstić information content (AvgIpc) is 3.19. The van der Waals surface area contributed by atoms with Crippen LogP contribution in [0.4, 0.5) is 0 Å². The monoisotopic (exact) mass is 396 g/mol. The average molecular weight is 396 g/mol. The predicted octanol–water partition coefficient (Wildman–Crippen LogP) is 3.56. The van der Waals surface area contributed by atoms with Crippen LogP contribution in [0, 0.1) is 0 Å². The van der Waals surface area contributed by atoms with Crippen molar-refractivity contribution < 1.29 is 19.1 Å². The van der Waals surface area contributed by atoms with Gasteiger partial charge in [-0.05, 0) is 29.8 Å². The Bertz CT molecular complexity index is 894. The SMILES string of the molecule is C=C(OCN1CCSC1=NC(=O)c1ccc(-c2ccccc2)cc1)C(=O)OC. The first-order valence-corrected chi connectivity index (χ1v) is 9.63. The third-order valence-corrected chi connectivity index (χ3v) is 5.10. The lowest BCUT2D eigenvalue weighted by molar-refractivity contribution is -0.140. The van der Waals surface area contributed by atoms with Gasteiger partial charge >= 0.3 is 5.97 Å². The van der Waals surface area contributed by atoms with Crippen molar-refractivity contribution in [2.75, 3.05) is 26.1 Å². The normalized spacial score (nSPS) is 14.8. The zero-order chi connectivity index (χ0) is 19.9. The van der Waals surface area contributed by atoms with E-state index in [1.54, 1.807) is 17.0 Å². The lowest BCUT2D eigenvalue weighted by Gasteiger charge is -2.18. The van der Waals surface area contributed by atoms with E-state index in [0.29, 0.717) is 17.3 Å². The summed E-state index contributed by atoms with van der Waals surface area (Å²) in [6.45, 7) is 4.26. The number of nitrogens with zero attached hydrogens (tertiary/aromatic N) is 2. The Morgan fingerprint density at radius 1 is 1.11 bits per heavy atom. The van der Waals surface area contributed by atoms with E-state index in [9.17, 15) is 9.59 Å². The summed E-state index contributed by atoms with van der Waals surface area (Å²) in [6.07, 6.45) is 0. The van der Waals surface area contributed by atoms with Crippen LogP contribution in [-0.2, 0) is 14.3 Å². The first-order valence-electron chi connectivity index (χ1n) is 8.65. The number of hydrogen-bond acceptors (Lipinski definition) is 5. The molecule has 0 unspecified atom stereocenters. The van der Waals surface area contributed by atoms with Gasteiger partial charge in [0.2, 0.25) is 0 Å². The Labute approximate surface area is 167 Å². The van der Waals surface area contributed by atoms with E-state index in [1.165, 1.54) is 18.9 Å². The Kier molecular flexibility index (Phi) is 6.49. The van der Waals surface area contributed by atoms with E-state index in [4.69, 9.17) is 4.74 Å². The van der Waals surface area contributed by atoms with Gasteiger partial charge in [0.05, 0.1) is 7.11 Å². The minimum Gasteiger partial charge on any atom is -0.466 e. The third-order valence-electron chi connectivity index (χ3n) is 4.11. The first kappa shape index (κ1) is 19.7. The number of ether oxygens (including phenoxy) is 2.